The molecule has 0 radical (unpaired) electrons. The van der Waals surface area contributed by atoms with Gasteiger partial charge in [0.2, 0.25) is 0 Å². The van der Waals surface area contributed by atoms with Gasteiger partial charge in [0.15, 0.2) is 0 Å². The van der Waals surface area contributed by atoms with E-state index in [0.29, 0.717) is 17.0 Å². The van der Waals surface area contributed by atoms with Crippen molar-refractivity contribution in [3.05, 3.63) is 47.0 Å². The molecule has 1 aromatic rings. The van der Waals surface area contributed by atoms with E-state index in [2.05, 4.69) is 6.58 Å². The average molecular weight is 221 g/mol. The summed E-state index contributed by atoms with van der Waals surface area (Å²) in [5.74, 6) is 0. The molecular formula is C10H8ClF3. The van der Waals surface area contributed by atoms with E-state index in [1.165, 1.54) is 12.1 Å². The van der Waals surface area contributed by atoms with Crippen LogP contribution in [-0.2, 0) is 12.6 Å². The van der Waals surface area contributed by atoms with Gasteiger partial charge in [0, 0.05) is 5.02 Å². The lowest BCUT2D eigenvalue weighted by molar-refractivity contribution is -0.137. The second kappa shape index (κ2) is 4.05. The molecule has 0 aliphatic heterocycles. The third-order valence-electron chi connectivity index (χ3n) is 1.74. The van der Waals surface area contributed by atoms with Crippen molar-refractivity contribution in [2.24, 2.45) is 0 Å². The second-order valence-electron chi connectivity index (χ2n) is 2.80. The highest BCUT2D eigenvalue weighted by atomic mass is 35.5. The number of allylic oxidation sites excluding steroid dienone is 1. The highest BCUT2D eigenvalue weighted by Crippen LogP contribution is 2.31. The Balaban J connectivity index is 3.12. The van der Waals surface area contributed by atoms with Crippen molar-refractivity contribution in [3.8, 4) is 0 Å². The lowest BCUT2D eigenvalue weighted by atomic mass is 10.1. The van der Waals surface area contributed by atoms with Crippen LogP contribution >= 0.6 is 11.6 Å². The lowest BCUT2D eigenvalue weighted by Gasteiger charge is -2.09. The van der Waals surface area contributed by atoms with Crippen molar-refractivity contribution in [1.29, 1.82) is 0 Å². The molecule has 1 aromatic carbocycles. The predicted molar refractivity (Wildman–Crippen MR) is 50.4 cm³/mol. The van der Waals surface area contributed by atoms with Gasteiger partial charge in [-0.05, 0) is 30.2 Å². The average Bonchev–Trinajstić information content (AvgIpc) is 2.07. The minimum Gasteiger partial charge on any atom is -0.166 e. The van der Waals surface area contributed by atoms with Crippen molar-refractivity contribution in [2.75, 3.05) is 0 Å². The van der Waals surface area contributed by atoms with E-state index < -0.39 is 11.7 Å². The Kier molecular flexibility index (Phi) is 3.21. The van der Waals surface area contributed by atoms with Crippen molar-refractivity contribution in [3.63, 3.8) is 0 Å². The normalized spacial score (nSPS) is 11.4. The molecule has 0 heterocycles. The summed E-state index contributed by atoms with van der Waals surface area (Å²) in [6, 6.07) is 3.27. The van der Waals surface area contributed by atoms with Crippen LogP contribution in [0.25, 0.3) is 0 Å². The summed E-state index contributed by atoms with van der Waals surface area (Å²) in [7, 11) is 0. The van der Waals surface area contributed by atoms with Gasteiger partial charge in [-0.1, -0.05) is 17.7 Å². The van der Waals surface area contributed by atoms with E-state index in [0.717, 1.165) is 12.1 Å². The third kappa shape index (κ3) is 2.51. The first kappa shape index (κ1) is 11.1. The fraction of sp³-hybridized carbons (Fsp3) is 0.200. The molecule has 0 N–H and O–H groups in total. The minimum atomic E-state index is -4.32. The fourth-order valence-electron chi connectivity index (χ4n) is 1.06. The zero-order chi connectivity index (χ0) is 10.8. The molecule has 0 bridgehead atoms. The summed E-state index contributed by atoms with van der Waals surface area (Å²) in [5.41, 5.74) is -0.241. The number of hydrogen-bond acceptors (Lipinski definition) is 0. The van der Waals surface area contributed by atoms with E-state index >= 15 is 0 Å². The summed E-state index contributed by atoms with van der Waals surface area (Å²) >= 11 is 5.71. The zero-order valence-corrected chi connectivity index (χ0v) is 7.99. The second-order valence-corrected chi connectivity index (χ2v) is 3.20. The van der Waals surface area contributed by atoms with Gasteiger partial charge in [-0.25, -0.2) is 0 Å². The molecule has 0 amide bonds. The number of benzene rings is 1. The van der Waals surface area contributed by atoms with E-state index in [1.54, 1.807) is 0 Å². The van der Waals surface area contributed by atoms with Crippen LogP contribution in [0.5, 0.6) is 0 Å². The van der Waals surface area contributed by atoms with Gasteiger partial charge in [0.25, 0.3) is 0 Å². The first-order chi connectivity index (χ1) is 6.45. The fourth-order valence-corrected chi connectivity index (χ4v) is 1.26. The van der Waals surface area contributed by atoms with Crippen molar-refractivity contribution >= 4 is 11.6 Å². The molecule has 0 saturated heterocycles. The quantitative estimate of drug-likeness (QED) is 0.659. The molecule has 0 aromatic heterocycles. The highest BCUT2D eigenvalue weighted by Gasteiger charge is 2.30. The van der Waals surface area contributed by atoms with Gasteiger partial charge in [-0.3, -0.25) is 0 Å². The summed E-state index contributed by atoms with van der Waals surface area (Å²) in [4.78, 5) is 0. The lowest BCUT2D eigenvalue weighted by Crippen LogP contribution is -2.05. The van der Waals surface area contributed by atoms with Crippen LogP contribution in [-0.4, -0.2) is 0 Å². The van der Waals surface area contributed by atoms with Crippen LogP contribution in [0.2, 0.25) is 5.02 Å². The molecule has 0 fully saturated rings. The standard InChI is InChI=1S/C10H8ClF3/c1-2-3-7-6-8(10(12,13)14)4-5-9(7)11/h2,4-6H,1,3H2. The maximum Gasteiger partial charge on any atom is 0.416 e. The van der Waals surface area contributed by atoms with Crippen LogP contribution < -0.4 is 0 Å². The summed E-state index contributed by atoms with van der Waals surface area (Å²) in [6.45, 7) is 3.45. The number of alkyl halides is 3. The maximum atomic E-state index is 12.3. The number of halogens is 4. The Morgan fingerprint density at radius 2 is 2.00 bits per heavy atom. The molecule has 0 aliphatic rings. The number of rotatable bonds is 2. The maximum absolute atomic E-state index is 12.3. The SMILES string of the molecule is C=CCc1cc(C(F)(F)F)ccc1Cl. The van der Waals surface area contributed by atoms with Crippen LogP contribution in [0.1, 0.15) is 11.1 Å². The summed E-state index contributed by atoms with van der Waals surface area (Å²) in [5, 5.41) is 0.331. The zero-order valence-electron chi connectivity index (χ0n) is 7.24. The molecule has 0 nitrogen and oxygen atoms in total. The Bertz CT molecular complexity index is 342. The Morgan fingerprint density at radius 1 is 1.36 bits per heavy atom. The smallest absolute Gasteiger partial charge is 0.166 e. The molecule has 1 rings (SSSR count). The third-order valence-corrected chi connectivity index (χ3v) is 2.11. The predicted octanol–water partition coefficient (Wildman–Crippen LogP) is 4.09. The Labute approximate surface area is 85.0 Å². The van der Waals surface area contributed by atoms with E-state index in [9.17, 15) is 13.2 Å². The monoisotopic (exact) mass is 220 g/mol. The molecule has 0 saturated carbocycles. The topological polar surface area (TPSA) is 0 Å². The molecule has 0 unspecified atom stereocenters. The van der Waals surface area contributed by atoms with E-state index in [1.807, 2.05) is 0 Å². The van der Waals surface area contributed by atoms with Crippen molar-refractivity contribution in [2.45, 2.75) is 12.6 Å². The van der Waals surface area contributed by atoms with Gasteiger partial charge >= 0.3 is 6.18 Å². The van der Waals surface area contributed by atoms with Gasteiger partial charge in [-0.2, -0.15) is 13.2 Å². The molecule has 0 atom stereocenters. The largest absolute Gasteiger partial charge is 0.416 e. The molecular weight excluding hydrogens is 213 g/mol. The van der Waals surface area contributed by atoms with E-state index in [4.69, 9.17) is 11.6 Å². The molecule has 0 aliphatic carbocycles. The Morgan fingerprint density at radius 3 is 2.50 bits per heavy atom. The van der Waals surface area contributed by atoms with Gasteiger partial charge in [0.05, 0.1) is 5.56 Å². The molecule has 14 heavy (non-hydrogen) atoms. The van der Waals surface area contributed by atoms with Crippen LogP contribution in [0, 0.1) is 0 Å². The van der Waals surface area contributed by atoms with Gasteiger partial charge in [0.1, 0.15) is 0 Å². The van der Waals surface area contributed by atoms with Crippen molar-refractivity contribution < 1.29 is 13.2 Å². The summed E-state index contributed by atoms with van der Waals surface area (Å²) < 4.78 is 36.8. The minimum absolute atomic E-state index is 0.331. The molecule has 0 spiro atoms. The van der Waals surface area contributed by atoms with Crippen molar-refractivity contribution in [1.82, 2.24) is 0 Å². The molecule has 76 valence electrons. The van der Waals surface area contributed by atoms with E-state index in [-0.39, 0.29) is 0 Å². The summed E-state index contributed by atoms with van der Waals surface area (Å²) in [6.07, 6.45) is -2.47. The first-order valence-electron chi connectivity index (χ1n) is 3.91. The van der Waals surface area contributed by atoms with Gasteiger partial charge in [-0.15, -0.1) is 6.58 Å². The number of hydrogen-bond donors (Lipinski definition) is 0. The van der Waals surface area contributed by atoms with Crippen LogP contribution in [0.4, 0.5) is 13.2 Å². The highest BCUT2D eigenvalue weighted by molar-refractivity contribution is 6.31. The van der Waals surface area contributed by atoms with Crippen LogP contribution in [0.15, 0.2) is 30.9 Å². The van der Waals surface area contributed by atoms with Crippen LogP contribution in [0.3, 0.4) is 0 Å². The Hall–Kier alpha value is -0.960. The van der Waals surface area contributed by atoms with Gasteiger partial charge < -0.3 is 0 Å². The first-order valence-corrected chi connectivity index (χ1v) is 4.29. The molecule has 4 heteroatoms.